The van der Waals surface area contributed by atoms with E-state index >= 15 is 0 Å². The van der Waals surface area contributed by atoms with E-state index in [2.05, 4.69) is 20.5 Å². The number of ether oxygens (including phenoxy) is 1. The van der Waals surface area contributed by atoms with Crippen LogP contribution in [0.2, 0.25) is 10.0 Å². The Hall–Kier alpha value is -2.32. The minimum absolute atomic E-state index is 0.292. The van der Waals surface area contributed by atoms with Gasteiger partial charge in [0.2, 0.25) is 5.95 Å². The van der Waals surface area contributed by atoms with Crippen molar-refractivity contribution in [1.29, 1.82) is 0 Å². The molecule has 1 fully saturated rings. The normalized spacial score (nSPS) is 14.3. The maximum absolute atomic E-state index is 11.8. The summed E-state index contributed by atoms with van der Waals surface area (Å²) < 4.78 is 5.02. The molecule has 0 radical (unpaired) electrons. The molecule has 3 rings (SSSR count). The lowest BCUT2D eigenvalue weighted by Gasteiger charge is -2.33. The zero-order valence-electron chi connectivity index (χ0n) is 14.2. The monoisotopic (exact) mass is 396 g/mol. The molecular formula is C16H18Cl2N6O2. The highest BCUT2D eigenvalue weighted by molar-refractivity contribution is 6.35. The van der Waals surface area contributed by atoms with Crippen molar-refractivity contribution in [2.75, 3.05) is 43.0 Å². The summed E-state index contributed by atoms with van der Waals surface area (Å²) in [7, 11) is 0. The lowest BCUT2D eigenvalue weighted by molar-refractivity contribution is 0.105. The molecule has 0 saturated carbocycles. The fraction of sp³-hybridized carbons (Fsp3) is 0.375. The number of amides is 1. The van der Waals surface area contributed by atoms with Crippen molar-refractivity contribution in [2.45, 2.75) is 6.92 Å². The van der Waals surface area contributed by atoms with Gasteiger partial charge in [0, 0.05) is 41.9 Å². The molecule has 2 aromatic rings. The summed E-state index contributed by atoms with van der Waals surface area (Å²) in [5.74, 6) is 1.02. The molecule has 2 heterocycles. The Morgan fingerprint density at radius 1 is 1.19 bits per heavy atom. The number of hydrogen-bond donors (Lipinski definition) is 1. The Morgan fingerprint density at radius 3 is 2.54 bits per heavy atom. The van der Waals surface area contributed by atoms with Crippen LogP contribution in [0, 0.1) is 0 Å². The number of rotatable bonds is 4. The van der Waals surface area contributed by atoms with Gasteiger partial charge in [0.05, 0.1) is 12.8 Å². The summed E-state index contributed by atoms with van der Waals surface area (Å²) >= 11 is 12.0. The third-order valence-electron chi connectivity index (χ3n) is 3.77. The molecule has 1 saturated heterocycles. The van der Waals surface area contributed by atoms with Crippen molar-refractivity contribution < 1.29 is 9.53 Å². The predicted octanol–water partition coefficient (Wildman–Crippen LogP) is 3.20. The van der Waals surface area contributed by atoms with Crippen molar-refractivity contribution in [2.24, 2.45) is 0 Å². The molecule has 1 aromatic heterocycles. The van der Waals surface area contributed by atoms with Crippen LogP contribution >= 0.6 is 23.2 Å². The first-order valence-electron chi connectivity index (χ1n) is 8.14. The van der Waals surface area contributed by atoms with E-state index < -0.39 is 0 Å². The van der Waals surface area contributed by atoms with Gasteiger partial charge in [-0.3, -0.25) is 0 Å². The molecule has 0 atom stereocenters. The zero-order valence-corrected chi connectivity index (χ0v) is 15.7. The van der Waals surface area contributed by atoms with Gasteiger partial charge in [0.1, 0.15) is 0 Å². The third kappa shape index (κ3) is 4.64. The van der Waals surface area contributed by atoms with E-state index in [0.717, 1.165) is 0 Å². The van der Waals surface area contributed by atoms with Gasteiger partial charge in [0.15, 0.2) is 5.82 Å². The van der Waals surface area contributed by atoms with Crippen molar-refractivity contribution in [1.82, 2.24) is 20.1 Å². The van der Waals surface area contributed by atoms with Gasteiger partial charge in [-0.15, -0.1) is 5.10 Å². The summed E-state index contributed by atoms with van der Waals surface area (Å²) in [4.78, 5) is 19.9. The van der Waals surface area contributed by atoms with E-state index in [1.807, 2.05) is 4.90 Å². The van der Waals surface area contributed by atoms with Crippen LogP contribution in [-0.4, -0.2) is 59.0 Å². The quantitative estimate of drug-likeness (QED) is 0.848. The minimum Gasteiger partial charge on any atom is -0.450 e. The Balaban J connectivity index is 1.65. The van der Waals surface area contributed by atoms with E-state index in [4.69, 9.17) is 27.9 Å². The Labute approximate surface area is 161 Å². The molecule has 8 nitrogen and oxygen atoms in total. The van der Waals surface area contributed by atoms with E-state index in [1.165, 1.54) is 6.20 Å². The van der Waals surface area contributed by atoms with Gasteiger partial charge >= 0.3 is 6.09 Å². The second-order valence-corrected chi connectivity index (χ2v) is 6.47. The van der Waals surface area contributed by atoms with Crippen molar-refractivity contribution in [3.8, 4) is 0 Å². The first kappa shape index (κ1) is 18.5. The first-order valence-corrected chi connectivity index (χ1v) is 8.90. The SMILES string of the molecule is CCOC(=O)N1CCN(c2nncc(Nc3cc(Cl)cc(Cl)c3)n2)CC1. The summed E-state index contributed by atoms with van der Waals surface area (Å²) in [6.45, 7) is 4.46. The molecule has 0 spiro atoms. The largest absolute Gasteiger partial charge is 0.450 e. The number of nitrogens with zero attached hydrogens (tertiary/aromatic N) is 5. The van der Waals surface area contributed by atoms with E-state index in [9.17, 15) is 4.79 Å². The van der Waals surface area contributed by atoms with E-state index in [-0.39, 0.29) is 6.09 Å². The molecule has 10 heteroatoms. The van der Waals surface area contributed by atoms with Crippen LogP contribution in [0.25, 0.3) is 0 Å². The number of anilines is 3. The highest BCUT2D eigenvalue weighted by atomic mass is 35.5. The molecule has 1 aromatic carbocycles. The van der Waals surface area contributed by atoms with Crippen molar-refractivity contribution in [3.63, 3.8) is 0 Å². The number of halogens is 2. The fourth-order valence-electron chi connectivity index (χ4n) is 2.57. The Bertz CT molecular complexity index is 763. The molecular weight excluding hydrogens is 379 g/mol. The third-order valence-corrected chi connectivity index (χ3v) is 4.21. The van der Waals surface area contributed by atoms with Crippen LogP contribution < -0.4 is 10.2 Å². The summed E-state index contributed by atoms with van der Waals surface area (Å²) in [5.41, 5.74) is 0.709. The number of carbonyl (C=O) groups excluding carboxylic acids is 1. The molecule has 1 amide bonds. The minimum atomic E-state index is -0.292. The van der Waals surface area contributed by atoms with Gasteiger partial charge in [-0.2, -0.15) is 10.1 Å². The van der Waals surface area contributed by atoms with Crippen LogP contribution in [0.5, 0.6) is 0 Å². The van der Waals surface area contributed by atoms with Crippen LogP contribution in [-0.2, 0) is 4.74 Å². The zero-order chi connectivity index (χ0) is 18.5. The molecule has 0 aliphatic carbocycles. The number of nitrogens with one attached hydrogen (secondary N) is 1. The number of aromatic nitrogens is 3. The van der Waals surface area contributed by atoms with Gasteiger partial charge in [0.25, 0.3) is 0 Å². The molecule has 1 aliphatic rings. The van der Waals surface area contributed by atoms with Gasteiger partial charge in [-0.1, -0.05) is 23.2 Å². The predicted molar refractivity (Wildman–Crippen MR) is 100 cm³/mol. The summed E-state index contributed by atoms with van der Waals surface area (Å²) in [6.07, 6.45) is 1.23. The molecule has 138 valence electrons. The Morgan fingerprint density at radius 2 is 1.88 bits per heavy atom. The van der Waals surface area contributed by atoms with Crippen molar-refractivity contribution >= 4 is 46.7 Å². The molecule has 0 unspecified atom stereocenters. The highest BCUT2D eigenvalue weighted by Crippen LogP contribution is 2.25. The number of hydrogen-bond acceptors (Lipinski definition) is 7. The van der Waals surface area contributed by atoms with E-state index in [1.54, 1.807) is 30.0 Å². The molecule has 26 heavy (non-hydrogen) atoms. The standard InChI is InChI=1S/C16H18Cl2N6O2/c1-2-26-16(25)24-5-3-23(4-6-24)15-21-14(10-19-22-15)20-13-8-11(17)7-12(18)9-13/h7-10H,2-6H2,1H3,(H,20,21,22). The van der Waals surface area contributed by atoms with Crippen LogP contribution in [0.3, 0.4) is 0 Å². The number of benzene rings is 1. The van der Waals surface area contributed by atoms with Crippen LogP contribution in [0.4, 0.5) is 22.2 Å². The van der Waals surface area contributed by atoms with Gasteiger partial charge < -0.3 is 19.9 Å². The smallest absolute Gasteiger partial charge is 0.409 e. The van der Waals surface area contributed by atoms with Crippen LogP contribution in [0.1, 0.15) is 6.92 Å². The summed E-state index contributed by atoms with van der Waals surface area (Å²) in [5, 5.41) is 12.2. The molecule has 0 bridgehead atoms. The average Bonchev–Trinajstić information content (AvgIpc) is 2.61. The average molecular weight is 397 g/mol. The lowest BCUT2D eigenvalue weighted by Crippen LogP contribution is -2.49. The lowest BCUT2D eigenvalue weighted by atomic mass is 10.3. The number of piperazine rings is 1. The first-order chi connectivity index (χ1) is 12.5. The Kier molecular flexibility index (Phi) is 5.95. The fourth-order valence-corrected chi connectivity index (χ4v) is 3.09. The maximum atomic E-state index is 11.8. The highest BCUT2D eigenvalue weighted by Gasteiger charge is 2.23. The van der Waals surface area contributed by atoms with Crippen LogP contribution in [0.15, 0.2) is 24.4 Å². The topological polar surface area (TPSA) is 83.5 Å². The molecule has 1 N–H and O–H groups in total. The van der Waals surface area contributed by atoms with Crippen molar-refractivity contribution in [3.05, 3.63) is 34.4 Å². The van der Waals surface area contributed by atoms with Gasteiger partial charge in [-0.25, -0.2) is 4.79 Å². The second-order valence-electron chi connectivity index (χ2n) is 5.60. The van der Waals surface area contributed by atoms with Gasteiger partial charge in [-0.05, 0) is 25.1 Å². The maximum Gasteiger partial charge on any atom is 0.409 e. The molecule has 1 aliphatic heterocycles. The number of carbonyl (C=O) groups is 1. The van der Waals surface area contributed by atoms with E-state index in [0.29, 0.717) is 60.3 Å². The second kappa shape index (κ2) is 8.37. The summed E-state index contributed by atoms with van der Waals surface area (Å²) in [6, 6.07) is 5.14.